The molecule has 0 aliphatic rings. The highest BCUT2D eigenvalue weighted by atomic mass is 79.9. The third kappa shape index (κ3) is 4.35. The third-order valence-electron chi connectivity index (χ3n) is 4.41. The topological polar surface area (TPSA) is 0 Å². The molecule has 0 bridgehead atoms. The molecule has 0 N–H and O–H groups in total. The summed E-state index contributed by atoms with van der Waals surface area (Å²) < 4.78 is 2.13. The molecule has 0 aliphatic carbocycles. The van der Waals surface area contributed by atoms with Crippen LogP contribution in [0.25, 0.3) is 33.4 Å². The van der Waals surface area contributed by atoms with E-state index >= 15 is 0 Å². The number of benzene rings is 4. The van der Waals surface area contributed by atoms with Crippen molar-refractivity contribution in [1.82, 2.24) is 0 Å². The molecule has 0 saturated carbocycles. The Kier molecular flexibility index (Phi) is 5.49. The second-order valence-electron chi connectivity index (χ2n) is 6.33. The number of hydrogen-bond donors (Lipinski definition) is 0. The summed E-state index contributed by atoms with van der Waals surface area (Å²) in [4.78, 5) is 0. The van der Waals surface area contributed by atoms with Crippen molar-refractivity contribution < 1.29 is 0 Å². The molecule has 132 valence electrons. The Morgan fingerprint density at radius 1 is 0.444 bits per heavy atom. The van der Waals surface area contributed by atoms with E-state index in [4.69, 9.17) is 11.6 Å². The Morgan fingerprint density at radius 2 is 0.852 bits per heavy atom. The maximum absolute atomic E-state index is 6.24. The van der Waals surface area contributed by atoms with Gasteiger partial charge in [0.25, 0.3) is 0 Å². The fourth-order valence-electron chi connectivity index (χ4n) is 3.13. The Labute approximate surface area is 181 Å². The van der Waals surface area contributed by atoms with Gasteiger partial charge in [0.05, 0.1) is 0 Å². The molecular weight excluding hydrogens is 484 g/mol. The van der Waals surface area contributed by atoms with Crippen LogP contribution in [0.15, 0.2) is 99.9 Å². The second-order valence-corrected chi connectivity index (χ2v) is 8.60. The highest BCUT2D eigenvalue weighted by Crippen LogP contribution is 2.35. The summed E-state index contributed by atoms with van der Waals surface area (Å²) >= 11 is 13.4. The summed E-state index contributed by atoms with van der Waals surface area (Å²) in [6.45, 7) is 0. The number of hydrogen-bond acceptors (Lipinski definition) is 0. The van der Waals surface area contributed by atoms with E-state index in [1.165, 1.54) is 22.3 Å². The first-order valence-electron chi connectivity index (χ1n) is 8.51. The zero-order valence-corrected chi connectivity index (χ0v) is 18.2. The molecule has 0 fully saturated rings. The fourth-order valence-corrected chi connectivity index (χ4v) is 4.12. The minimum Gasteiger partial charge on any atom is -0.0843 e. The summed E-state index contributed by atoms with van der Waals surface area (Å²) in [5, 5.41) is 0.740. The van der Waals surface area contributed by atoms with Gasteiger partial charge in [0.2, 0.25) is 0 Å². The lowest BCUT2D eigenvalue weighted by atomic mass is 9.93. The van der Waals surface area contributed by atoms with Gasteiger partial charge in [-0.15, -0.1) is 0 Å². The SMILES string of the molecule is Clc1cccc(-c2cc(-c3cccc(Br)c3)cc(-c3cccc(Br)c3)c2)c1. The molecule has 0 amide bonds. The van der Waals surface area contributed by atoms with Gasteiger partial charge >= 0.3 is 0 Å². The summed E-state index contributed by atoms with van der Waals surface area (Å²) in [7, 11) is 0. The van der Waals surface area contributed by atoms with Gasteiger partial charge in [-0.1, -0.05) is 79.9 Å². The Hall–Kier alpha value is -1.87. The Bertz CT molecular complexity index is 965. The van der Waals surface area contributed by atoms with Gasteiger partial charge in [-0.2, -0.15) is 0 Å². The van der Waals surface area contributed by atoms with E-state index in [0.717, 1.165) is 25.1 Å². The lowest BCUT2D eigenvalue weighted by Crippen LogP contribution is -1.86. The van der Waals surface area contributed by atoms with E-state index in [2.05, 4.69) is 92.5 Å². The highest BCUT2D eigenvalue weighted by molar-refractivity contribution is 9.10. The molecule has 0 unspecified atom stereocenters. The monoisotopic (exact) mass is 496 g/mol. The molecule has 0 atom stereocenters. The van der Waals surface area contributed by atoms with Crippen molar-refractivity contribution in [1.29, 1.82) is 0 Å². The Balaban J connectivity index is 1.94. The molecule has 0 nitrogen and oxygen atoms in total. The molecule has 0 heterocycles. The van der Waals surface area contributed by atoms with Crippen molar-refractivity contribution in [3.05, 3.63) is 105 Å². The van der Waals surface area contributed by atoms with Crippen LogP contribution in [0, 0.1) is 0 Å². The van der Waals surface area contributed by atoms with E-state index in [-0.39, 0.29) is 0 Å². The molecule has 0 aromatic heterocycles. The van der Waals surface area contributed by atoms with Crippen molar-refractivity contribution in [3.8, 4) is 33.4 Å². The lowest BCUT2D eigenvalue weighted by molar-refractivity contribution is 1.55. The second kappa shape index (κ2) is 8.02. The van der Waals surface area contributed by atoms with Crippen LogP contribution in [0.1, 0.15) is 0 Å². The standard InChI is InChI=1S/C24H15Br2Cl/c25-22-7-1-4-16(13-22)19-10-20(17-5-2-8-23(26)14-17)12-21(11-19)18-6-3-9-24(27)15-18/h1-15H. The zero-order chi connectivity index (χ0) is 18.8. The molecule has 0 saturated heterocycles. The Morgan fingerprint density at radius 3 is 1.26 bits per heavy atom. The molecule has 0 spiro atoms. The molecule has 0 radical (unpaired) electrons. The smallest absolute Gasteiger partial charge is 0.0412 e. The maximum Gasteiger partial charge on any atom is 0.0412 e. The first-order chi connectivity index (χ1) is 13.1. The summed E-state index contributed by atoms with van der Waals surface area (Å²) in [5.41, 5.74) is 6.93. The van der Waals surface area contributed by atoms with Gasteiger partial charge in [-0.05, 0) is 88.0 Å². The van der Waals surface area contributed by atoms with Crippen molar-refractivity contribution in [3.63, 3.8) is 0 Å². The van der Waals surface area contributed by atoms with Gasteiger partial charge in [0, 0.05) is 14.0 Å². The van der Waals surface area contributed by atoms with Gasteiger partial charge in [0.15, 0.2) is 0 Å². The molecule has 4 rings (SSSR count). The van der Waals surface area contributed by atoms with Crippen molar-refractivity contribution in [2.24, 2.45) is 0 Å². The van der Waals surface area contributed by atoms with Crippen LogP contribution in [-0.2, 0) is 0 Å². The predicted octanol–water partition coefficient (Wildman–Crippen LogP) is 8.87. The van der Waals surface area contributed by atoms with Crippen LogP contribution >= 0.6 is 43.5 Å². The van der Waals surface area contributed by atoms with Crippen LogP contribution in [0.4, 0.5) is 0 Å². The average Bonchev–Trinajstić information content (AvgIpc) is 2.68. The molecule has 4 aromatic rings. The van der Waals surface area contributed by atoms with E-state index in [1.54, 1.807) is 0 Å². The van der Waals surface area contributed by atoms with E-state index in [9.17, 15) is 0 Å². The zero-order valence-electron chi connectivity index (χ0n) is 14.3. The molecule has 0 aliphatic heterocycles. The first kappa shape index (κ1) is 18.5. The largest absolute Gasteiger partial charge is 0.0843 e. The summed E-state index contributed by atoms with van der Waals surface area (Å²) in [5.74, 6) is 0. The number of rotatable bonds is 3. The van der Waals surface area contributed by atoms with Crippen molar-refractivity contribution >= 4 is 43.5 Å². The third-order valence-corrected chi connectivity index (χ3v) is 5.63. The average molecular weight is 499 g/mol. The number of halogens is 3. The minimum absolute atomic E-state index is 0.740. The van der Waals surface area contributed by atoms with Crippen LogP contribution in [0.5, 0.6) is 0 Å². The van der Waals surface area contributed by atoms with Gasteiger partial charge in [-0.25, -0.2) is 0 Å². The maximum atomic E-state index is 6.24. The van der Waals surface area contributed by atoms with Crippen LogP contribution in [-0.4, -0.2) is 0 Å². The fraction of sp³-hybridized carbons (Fsp3) is 0. The summed E-state index contributed by atoms with van der Waals surface area (Å²) in [6, 6.07) is 31.4. The van der Waals surface area contributed by atoms with Crippen LogP contribution in [0.2, 0.25) is 5.02 Å². The minimum atomic E-state index is 0.740. The molecular formula is C24H15Br2Cl. The van der Waals surface area contributed by atoms with Crippen molar-refractivity contribution in [2.75, 3.05) is 0 Å². The van der Waals surface area contributed by atoms with Crippen LogP contribution < -0.4 is 0 Å². The quantitative estimate of drug-likeness (QED) is 0.265. The molecule has 27 heavy (non-hydrogen) atoms. The van der Waals surface area contributed by atoms with E-state index in [1.807, 2.05) is 30.3 Å². The lowest BCUT2D eigenvalue weighted by Gasteiger charge is -2.12. The van der Waals surface area contributed by atoms with Crippen LogP contribution in [0.3, 0.4) is 0 Å². The van der Waals surface area contributed by atoms with Gasteiger partial charge < -0.3 is 0 Å². The normalized spacial score (nSPS) is 10.8. The van der Waals surface area contributed by atoms with Gasteiger partial charge in [-0.3, -0.25) is 0 Å². The first-order valence-corrected chi connectivity index (χ1v) is 10.5. The van der Waals surface area contributed by atoms with Gasteiger partial charge in [0.1, 0.15) is 0 Å². The summed E-state index contributed by atoms with van der Waals surface area (Å²) in [6.07, 6.45) is 0. The van der Waals surface area contributed by atoms with E-state index < -0.39 is 0 Å². The molecule has 4 aromatic carbocycles. The predicted molar refractivity (Wildman–Crippen MR) is 123 cm³/mol. The van der Waals surface area contributed by atoms with Crippen molar-refractivity contribution in [2.45, 2.75) is 0 Å². The van der Waals surface area contributed by atoms with E-state index in [0.29, 0.717) is 0 Å². The highest BCUT2D eigenvalue weighted by Gasteiger charge is 2.08. The molecule has 3 heteroatoms.